The summed E-state index contributed by atoms with van der Waals surface area (Å²) in [7, 11) is 0. The number of rotatable bonds is 0. The molecule has 24 heavy (non-hydrogen) atoms. The first-order valence-electron chi connectivity index (χ1n) is 7.80. The first-order valence-corrected chi connectivity index (χ1v) is 7.80. The van der Waals surface area contributed by atoms with E-state index in [1.807, 2.05) is 12.1 Å². The SMILES string of the molecule is Nc1ccc2cc3c(nc2n1)CCc1nc2nc(N)ccc2cc1-3. The minimum atomic E-state index is 0.488. The fourth-order valence-corrected chi connectivity index (χ4v) is 3.29. The van der Waals surface area contributed by atoms with E-state index in [0.29, 0.717) is 22.9 Å². The van der Waals surface area contributed by atoms with Crippen molar-refractivity contribution in [3.8, 4) is 11.1 Å². The van der Waals surface area contributed by atoms with E-state index >= 15 is 0 Å². The van der Waals surface area contributed by atoms with Crippen molar-refractivity contribution < 1.29 is 0 Å². The van der Waals surface area contributed by atoms with E-state index in [-0.39, 0.29) is 0 Å². The van der Waals surface area contributed by atoms with Crippen LogP contribution < -0.4 is 11.5 Å². The second kappa shape index (κ2) is 4.61. The standard InChI is InChI=1S/C18H14N6/c19-15-5-1-9-7-11-12-8-10-2-6-16(20)24-18(10)22-14(12)4-3-13(11)21-17(9)23-15/h1-2,5-8H,3-4H2,(H2,19,21,23)(H2,20,22,24). The highest BCUT2D eigenvalue weighted by Crippen LogP contribution is 2.35. The highest BCUT2D eigenvalue weighted by atomic mass is 14.9. The van der Waals surface area contributed by atoms with Crippen molar-refractivity contribution in [2.75, 3.05) is 11.5 Å². The molecule has 4 heterocycles. The van der Waals surface area contributed by atoms with Gasteiger partial charge >= 0.3 is 0 Å². The second-order valence-electron chi connectivity index (χ2n) is 6.03. The molecule has 1 aliphatic rings. The highest BCUT2D eigenvalue weighted by molar-refractivity contribution is 5.89. The Morgan fingerprint density at radius 2 is 1.08 bits per heavy atom. The lowest BCUT2D eigenvalue weighted by atomic mass is 9.90. The third-order valence-corrected chi connectivity index (χ3v) is 4.45. The second-order valence-corrected chi connectivity index (χ2v) is 6.03. The van der Waals surface area contributed by atoms with Crippen molar-refractivity contribution in [1.29, 1.82) is 0 Å². The van der Waals surface area contributed by atoms with Gasteiger partial charge in [-0.3, -0.25) is 0 Å². The summed E-state index contributed by atoms with van der Waals surface area (Å²) in [4.78, 5) is 18.1. The number of hydrogen-bond donors (Lipinski definition) is 2. The Bertz CT molecular complexity index is 1040. The van der Waals surface area contributed by atoms with Gasteiger partial charge in [-0.05, 0) is 49.2 Å². The van der Waals surface area contributed by atoms with Gasteiger partial charge in [0.1, 0.15) is 11.6 Å². The van der Waals surface area contributed by atoms with Crippen molar-refractivity contribution in [1.82, 2.24) is 19.9 Å². The van der Waals surface area contributed by atoms with Gasteiger partial charge in [0.15, 0.2) is 11.3 Å². The van der Waals surface area contributed by atoms with Gasteiger partial charge in [-0.15, -0.1) is 0 Å². The van der Waals surface area contributed by atoms with Gasteiger partial charge in [-0.25, -0.2) is 19.9 Å². The molecule has 4 aromatic heterocycles. The highest BCUT2D eigenvalue weighted by Gasteiger charge is 2.20. The summed E-state index contributed by atoms with van der Waals surface area (Å²) in [6.45, 7) is 0. The minimum absolute atomic E-state index is 0.488. The molecule has 0 fully saturated rings. The number of aromatic nitrogens is 4. The van der Waals surface area contributed by atoms with E-state index in [4.69, 9.17) is 21.4 Å². The molecule has 0 aromatic carbocycles. The van der Waals surface area contributed by atoms with Crippen LogP contribution in [0.3, 0.4) is 0 Å². The largest absolute Gasteiger partial charge is 0.384 e. The minimum Gasteiger partial charge on any atom is -0.384 e. The molecule has 5 rings (SSSR count). The average Bonchev–Trinajstić information content (AvgIpc) is 2.58. The van der Waals surface area contributed by atoms with Crippen molar-refractivity contribution in [2.45, 2.75) is 12.8 Å². The number of anilines is 2. The number of nitrogens with two attached hydrogens (primary N) is 2. The Morgan fingerprint density at radius 3 is 1.54 bits per heavy atom. The summed E-state index contributed by atoms with van der Waals surface area (Å²) in [6, 6.07) is 11.8. The van der Waals surface area contributed by atoms with Crippen LogP contribution in [0.4, 0.5) is 11.6 Å². The maximum atomic E-state index is 5.77. The summed E-state index contributed by atoms with van der Waals surface area (Å²) in [5, 5.41) is 1.96. The maximum absolute atomic E-state index is 5.77. The van der Waals surface area contributed by atoms with Crippen LogP contribution in [-0.4, -0.2) is 19.9 Å². The molecule has 0 atom stereocenters. The van der Waals surface area contributed by atoms with Gasteiger partial charge in [0.05, 0.1) is 11.4 Å². The average molecular weight is 314 g/mol. The molecule has 0 saturated heterocycles. The van der Waals surface area contributed by atoms with E-state index < -0.39 is 0 Å². The summed E-state index contributed by atoms with van der Waals surface area (Å²) in [6.07, 6.45) is 1.66. The number of fused-ring (bicyclic) bond motifs is 5. The van der Waals surface area contributed by atoms with E-state index in [1.165, 1.54) is 0 Å². The molecule has 6 nitrogen and oxygen atoms in total. The first-order chi connectivity index (χ1) is 11.7. The van der Waals surface area contributed by atoms with Crippen molar-refractivity contribution >= 4 is 33.7 Å². The molecule has 0 spiro atoms. The van der Waals surface area contributed by atoms with E-state index in [2.05, 4.69) is 22.1 Å². The third-order valence-electron chi connectivity index (χ3n) is 4.45. The van der Waals surface area contributed by atoms with Crippen LogP contribution in [0.15, 0.2) is 36.4 Å². The number of nitrogen functional groups attached to an aromatic ring is 2. The summed E-state index contributed by atoms with van der Waals surface area (Å²) >= 11 is 0. The monoisotopic (exact) mass is 314 g/mol. The summed E-state index contributed by atoms with van der Waals surface area (Å²) in [5.74, 6) is 0.977. The number of hydrogen-bond acceptors (Lipinski definition) is 6. The molecule has 1 aliphatic carbocycles. The van der Waals surface area contributed by atoms with Crippen LogP contribution >= 0.6 is 0 Å². The molecule has 6 heteroatoms. The molecule has 4 aromatic rings. The van der Waals surface area contributed by atoms with Gasteiger partial charge < -0.3 is 11.5 Å². The van der Waals surface area contributed by atoms with Crippen LogP contribution in [0.25, 0.3) is 33.2 Å². The summed E-state index contributed by atoms with van der Waals surface area (Å²) < 4.78 is 0. The lowest BCUT2D eigenvalue weighted by Crippen LogP contribution is -2.09. The number of nitrogens with zero attached hydrogens (tertiary/aromatic N) is 4. The molecule has 4 N–H and O–H groups in total. The van der Waals surface area contributed by atoms with Gasteiger partial charge in [0.25, 0.3) is 0 Å². The lowest BCUT2D eigenvalue weighted by Gasteiger charge is -2.19. The molecule has 0 aliphatic heterocycles. The zero-order valence-corrected chi connectivity index (χ0v) is 12.8. The topological polar surface area (TPSA) is 104 Å². The van der Waals surface area contributed by atoms with Crippen LogP contribution in [0.1, 0.15) is 11.4 Å². The molecule has 0 saturated carbocycles. The third kappa shape index (κ3) is 1.89. The normalized spacial score (nSPS) is 13.0. The van der Waals surface area contributed by atoms with Crippen molar-refractivity contribution in [3.05, 3.63) is 47.8 Å². The predicted molar refractivity (Wildman–Crippen MR) is 94.3 cm³/mol. The van der Waals surface area contributed by atoms with Crippen LogP contribution in [0.2, 0.25) is 0 Å². The van der Waals surface area contributed by atoms with E-state index in [0.717, 1.165) is 46.1 Å². The van der Waals surface area contributed by atoms with Gasteiger partial charge in [0, 0.05) is 21.9 Å². The molecule has 0 radical (unpaired) electrons. The van der Waals surface area contributed by atoms with Crippen molar-refractivity contribution in [2.24, 2.45) is 0 Å². The zero-order valence-electron chi connectivity index (χ0n) is 12.8. The lowest BCUT2D eigenvalue weighted by molar-refractivity contribution is 0.871. The summed E-state index contributed by atoms with van der Waals surface area (Å²) in [5.41, 5.74) is 17.2. The number of aryl methyl sites for hydroxylation is 2. The molecular formula is C18H14N6. The molecule has 0 unspecified atom stereocenters. The van der Waals surface area contributed by atoms with Crippen molar-refractivity contribution in [3.63, 3.8) is 0 Å². The molecule has 116 valence electrons. The van der Waals surface area contributed by atoms with Gasteiger partial charge in [0.2, 0.25) is 0 Å². The zero-order chi connectivity index (χ0) is 16.3. The Hall–Kier alpha value is -3.28. The van der Waals surface area contributed by atoms with Gasteiger partial charge in [-0.2, -0.15) is 0 Å². The fraction of sp³-hybridized carbons (Fsp3) is 0.111. The molecule has 0 bridgehead atoms. The van der Waals surface area contributed by atoms with E-state index in [1.54, 1.807) is 12.1 Å². The first kappa shape index (κ1) is 13.2. The number of pyridine rings is 4. The van der Waals surface area contributed by atoms with Gasteiger partial charge in [-0.1, -0.05) is 0 Å². The quantitative estimate of drug-likeness (QED) is 0.517. The van der Waals surface area contributed by atoms with Crippen LogP contribution in [0.5, 0.6) is 0 Å². The predicted octanol–water partition coefficient (Wildman–Crippen LogP) is 2.50. The Morgan fingerprint density at radius 1 is 0.625 bits per heavy atom. The Labute approximate surface area is 137 Å². The molecule has 0 amide bonds. The smallest absolute Gasteiger partial charge is 0.161 e. The Kier molecular flexibility index (Phi) is 2.53. The van der Waals surface area contributed by atoms with Crippen LogP contribution in [-0.2, 0) is 12.8 Å². The molecular weight excluding hydrogens is 300 g/mol. The Balaban J connectivity index is 1.79. The van der Waals surface area contributed by atoms with E-state index in [9.17, 15) is 0 Å². The van der Waals surface area contributed by atoms with Crippen LogP contribution in [0, 0.1) is 0 Å². The fourth-order valence-electron chi connectivity index (χ4n) is 3.29. The maximum Gasteiger partial charge on any atom is 0.161 e.